The molecular formula is C42H46BBrN2O4S2. The van der Waals surface area contributed by atoms with Crippen LogP contribution in [0.25, 0.3) is 31.5 Å². The molecule has 0 radical (unpaired) electrons. The summed E-state index contributed by atoms with van der Waals surface area (Å²) in [6.07, 6.45) is 5.54. The number of rotatable bonds is 2. The Hall–Kier alpha value is -3.80. The maximum atomic E-state index is 5.87. The minimum Gasteiger partial charge on any atom is -0.493 e. The van der Waals surface area contributed by atoms with Gasteiger partial charge in [0.05, 0.1) is 44.4 Å². The molecule has 0 aliphatic carbocycles. The average Bonchev–Trinajstić information content (AvgIpc) is 3.70. The van der Waals surface area contributed by atoms with Crippen LogP contribution in [0, 0.1) is 0 Å². The number of fused-ring (bicyclic) bond motifs is 6. The Morgan fingerprint density at radius 1 is 0.635 bits per heavy atom. The molecule has 4 aromatic heterocycles. The summed E-state index contributed by atoms with van der Waals surface area (Å²) in [5.74, 6) is 1.99. The van der Waals surface area contributed by atoms with Gasteiger partial charge >= 0.3 is 7.12 Å². The highest BCUT2D eigenvalue weighted by molar-refractivity contribution is 9.11. The summed E-state index contributed by atoms with van der Waals surface area (Å²) in [6.45, 7) is 9.66. The standard InChI is InChI=1S/C17H13NOS.C12H9BrOS.C11H16BNO2.2CH4/c1-2-7-15-13(5-1)17-12(8-10-19-15)11-16(20-17)14-6-3-4-9-18-14;13-11-7-8-5-6-14-10-4-2-1-3-9(10)12(8)15-11;1-10(2)11(3,4)15-12(14-10)9-7-5-6-8-13-9;;/h1-7,9,11H,8,10H2;1-4,7H,5-6H2;5-8H,1-4H3;2*1H4. The molecule has 0 unspecified atom stereocenters. The smallest absolute Gasteiger partial charge is 0.493 e. The van der Waals surface area contributed by atoms with Crippen molar-refractivity contribution in [3.8, 4) is 43.0 Å². The molecule has 3 aliphatic rings. The first-order valence-electron chi connectivity index (χ1n) is 16.7. The number of pyridine rings is 2. The second-order valence-corrected chi connectivity index (χ2v) is 16.6. The predicted octanol–water partition coefficient (Wildman–Crippen LogP) is 11.2. The van der Waals surface area contributed by atoms with Gasteiger partial charge in [0.2, 0.25) is 0 Å². The Balaban J connectivity index is 0.000000150. The van der Waals surface area contributed by atoms with Crippen molar-refractivity contribution in [3.05, 3.63) is 124 Å². The fourth-order valence-corrected chi connectivity index (χ4v) is 8.81. The van der Waals surface area contributed by atoms with Crippen LogP contribution >= 0.6 is 38.6 Å². The van der Waals surface area contributed by atoms with Gasteiger partial charge in [-0.25, -0.2) is 0 Å². The lowest BCUT2D eigenvalue weighted by molar-refractivity contribution is 0.00578. The van der Waals surface area contributed by atoms with Crippen molar-refractivity contribution in [2.75, 3.05) is 13.2 Å². The number of hydrogen-bond donors (Lipinski definition) is 0. The molecule has 2 aromatic carbocycles. The summed E-state index contributed by atoms with van der Waals surface area (Å²) >= 11 is 7.13. The van der Waals surface area contributed by atoms with E-state index in [0.29, 0.717) is 0 Å². The van der Waals surface area contributed by atoms with Crippen LogP contribution in [0.5, 0.6) is 11.5 Å². The molecule has 0 amide bonds. The van der Waals surface area contributed by atoms with Crippen LogP contribution in [0.4, 0.5) is 0 Å². The highest BCUT2D eigenvalue weighted by Crippen LogP contribution is 2.44. The fraction of sp³-hybridized carbons (Fsp3) is 0.286. The van der Waals surface area contributed by atoms with E-state index in [1.54, 1.807) is 28.9 Å². The number of ether oxygens (including phenoxy) is 2. The largest absolute Gasteiger partial charge is 0.514 e. The number of thiophene rings is 2. The topological polar surface area (TPSA) is 62.7 Å². The molecule has 0 bridgehead atoms. The Labute approximate surface area is 325 Å². The number of benzene rings is 2. The van der Waals surface area contributed by atoms with Gasteiger partial charge in [-0.2, -0.15) is 0 Å². The highest BCUT2D eigenvalue weighted by Gasteiger charge is 2.52. The average molecular weight is 798 g/mol. The molecule has 0 atom stereocenters. The molecule has 6 nitrogen and oxygen atoms in total. The van der Waals surface area contributed by atoms with E-state index in [2.05, 4.69) is 68.4 Å². The zero-order valence-electron chi connectivity index (χ0n) is 28.5. The monoisotopic (exact) mass is 796 g/mol. The molecular weight excluding hydrogens is 751 g/mol. The molecule has 270 valence electrons. The summed E-state index contributed by atoms with van der Waals surface area (Å²) in [5, 5.41) is 0. The Morgan fingerprint density at radius 3 is 1.71 bits per heavy atom. The van der Waals surface area contributed by atoms with Gasteiger partial charge in [-0.05, 0) is 115 Å². The fourth-order valence-electron chi connectivity index (χ4n) is 5.87. The summed E-state index contributed by atoms with van der Waals surface area (Å²) < 4.78 is 24.5. The molecule has 0 saturated carbocycles. The maximum Gasteiger partial charge on any atom is 0.514 e. The van der Waals surface area contributed by atoms with Crippen molar-refractivity contribution < 1.29 is 18.8 Å². The van der Waals surface area contributed by atoms with Gasteiger partial charge in [0.15, 0.2) is 0 Å². The van der Waals surface area contributed by atoms with E-state index in [4.69, 9.17) is 18.8 Å². The van der Waals surface area contributed by atoms with E-state index < -0.39 is 0 Å². The maximum absolute atomic E-state index is 5.87. The highest BCUT2D eigenvalue weighted by atomic mass is 79.9. The van der Waals surface area contributed by atoms with Gasteiger partial charge < -0.3 is 18.8 Å². The third-order valence-corrected chi connectivity index (χ3v) is 12.2. The predicted molar refractivity (Wildman–Crippen MR) is 222 cm³/mol. The van der Waals surface area contributed by atoms with E-state index in [1.165, 1.54) is 40.7 Å². The molecule has 1 saturated heterocycles. The van der Waals surface area contributed by atoms with E-state index in [-0.39, 0.29) is 33.2 Å². The van der Waals surface area contributed by atoms with Crippen LogP contribution < -0.4 is 15.1 Å². The van der Waals surface area contributed by atoms with E-state index in [1.807, 2.05) is 88.5 Å². The first-order chi connectivity index (χ1) is 24.2. The summed E-state index contributed by atoms with van der Waals surface area (Å²) in [6, 6.07) is 32.8. The van der Waals surface area contributed by atoms with Crippen LogP contribution in [-0.2, 0) is 22.2 Å². The van der Waals surface area contributed by atoms with Crippen LogP contribution in [0.2, 0.25) is 0 Å². The number of hydrogen-bond acceptors (Lipinski definition) is 8. The molecule has 52 heavy (non-hydrogen) atoms. The minimum absolute atomic E-state index is 0. The van der Waals surface area contributed by atoms with Gasteiger partial charge in [-0.15, -0.1) is 22.7 Å². The van der Waals surface area contributed by atoms with E-state index >= 15 is 0 Å². The van der Waals surface area contributed by atoms with Crippen LogP contribution in [0.1, 0.15) is 53.7 Å². The number of nitrogens with zero attached hydrogens (tertiary/aromatic N) is 2. The van der Waals surface area contributed by atoms with Crippen LogP contribution in [-0.4, -0.2) is 41.5 Å². The minimum atomic E-state index is -0.351. The number of aromatic nitrogens is 2. The molecule has 7 heterocycles. The van der Waals surface area contributed by atoms with Crippen LogP contribution in [0.3, 0.4) is 0 Å². The lowest BCUT2D eigenvalue weighted by Crippen LogP contribution is -2.41. The second kappa shape index (κ2) is 16.9. The Morgan fingerprint density at radius 2 is 1.15 bits per heavy atom. The molecule has 10 heteroatoms. The van der Waals surface area contributed by atoms with Gasteiger partial charge in [-0.1, -0.05) is 51.3 Å². The summed E-state index contributed by atoms with van der Waals surface area (Å²) in [5.41, 5.74) is 6.45. The Kier molecular flexibility index (Phi) is 12.8. The van der Waals surface area contributed by atoms with Crippen LogP contribution in [0.15, 0.2) is 113 Å². The van der Waals surface area contributed by atoms with Gasteiger partial charge in [0.1, 0.15) is 11.5 Å². The Bertz CT molecular complexity index is 2050. The van der Waals surface area contributed by atoms with Crippen molar-refractivity contribution in [2.45, 2.75) is 66.6 Å². The third kappa shape index (κ3) is 8.53. The van der Waals surface area contributed by atoms with Crippen molar-refractivity contribution in [3.63, 3.8) is 0 Å². The second-order valence-electron chi connectivity index (χ2n) is 13.1. The van der Waals surface area contributed by atoms with Crippen molar-refractivity contribution in [2.24, 2.45) is 0 Å². The zero-order valence-corrected chi connectivity index (χ0v) is 31.7. The molecule has 6 aromatic rings. The first-order valence-corrected chi connectivity index (χ1v) is 19.1. The summed E-state index contributed by atoms with van der Waals surface area (Å²) in [4.78, 5) is 12.6. The van der Waals surface area contributed by atoms with Gasteiger partial charge in [-0.3, -0.25) is 9.97 Å². The molecule has 0 spiro atoms. The van der Waals surface area contributed by atoms with Crippen molar-refractivity contribution >= 4 is 51.3 Å². The lowest BCUT2D eigenvalue weighted by Gasteiger charge is -2.32. The van der Waals surface area contributed by atoms with Gasteiger partial charge in [0, 0.05) is 46.1 Å². The molecule has 3 aliphatic heterocycles. The molecule has 9 rings (SSSR count). The quantitative estimate of drug-likeness (QED) is 0.163. The first kappa shape index (κ1) is 39.4. The van der Waals surface area contributed by atoms with Gasteiger partial charge in [0.25, 0.3) is 0 Å². The lowest BCUT2D eigenvalue weighted by atomic mass is 9.84. The number of para-hydroxylation sites is 2. The SMILES string of the molecule is Brc1cc2c(s1)-c1ccccc1OCC2.C.C.CC1(C)OB(c2ccccn2)OC1(C)C.c1ccc(-c2cc3c(s2)-c2ccccc2OCC3)nc1. The normalized spacial score (nSPS) is 15.6. The molecule has 1 fully saturated rings. The zero-order chi connectivity index (χ0) is 34.7. The van der Waals surface area contributed by atoms with E-state index in [0.717, 1.165) is 48.8 Å². The third-order valence-electron chi connectivity index (χ3n) is 9.21. The van der Waals surface area contributed by atoms with Crippen molar-refractivity contribution in [1.82, 2.24) is 9.97 Å². The number of halogens is 1. The van der Waals surface area contributed by atoms with Crippen molar-refractivity contribution in [1.29, 1.82) is 0 Å². The van der Waals surface area contributed by atoms with E-state index in [9.17, 15) is 0 Å². The molecule has 0 N–H and O–H groups in total. The summed E-state index contributed by atoms with van der Waals surface area (Å²) in [7, 11) is -0.351.